The first-order valence-electron chi connectivity index (χ1n) is 8.75. The number of rotatable bonds is 3. The first-order valence-corrected chi connectivity index (χ1v) is 8.75. The van der Waals surface area contributed by atoms with Gasteiger partial charge in [-0.05, 0) is 66.8 Å². The van der Waals surface area contributed by atoms with E-state index in [1.54, 1.807) is 30.3 Å². The first-order chi connectivity index (χ1) is 12.7. The number of phenolic OH excluding ortho intramolecular Hbond substituents is 1. The number of hydrogen-bond donors (Lipinski definition) is 2. The van der Waals surface area contributed by atoms with Gasteiger partial charge < -0.3 is 10.0 Å². The van der Waals surface area contributed by atoms with Crippen LogP contribution in [0, 0.1) is 0 Å². The summed E-state index contributed by atoms with van der Waals surface area (Å²) in [5, 5.41) is 16.5. The molecule has 0 atom stereocenters. The van der Waals surface area contributed by atoms with Crippen LogP contribution in [0.4, 0.5) is 0 Å². The highest BCUT2D eigenvalue weighted by atomic mass is 16.3. The quantitative estimate of drug-likeness (QED) is 0.761. The summed E-state index contributed by atoms with van der Waals surface area (Å²) in [4.78, 5) is 18.7. The fraction of sp³-hybridized carbons (Fsp3) is 0.250. The third kappa shape index (κ3) is 3.31. The lowest BCUT2D eigenvalue weighted by Gasteiger charge is -2.31. The van der Waals surface area contributed by atoms with Crippen LogP contribution >= 0.6 is 0 Å². The van der Waals surface area contributed by atoms with Gasteiger partial charge in [0.2, 0.25) is 0 Å². The lowest BCUT2D eigenvalue weighted by molar-refractivity contribution is 0.0707. The fourth-order valence-electron chi connectivity index (χ4n) is 3.43. The van der Waals surface area contributed by atoms with E-state index in [2.05, 4.69) is 27.3 Å². The number of hydrogen-bond acceptors (Lipinski definition) is 4. The standard InChI is InChI=1S/C20H20N4O2/c25-17-3-1-16(2-4-17)18-13-19(23-22-18)20(26)24-11-7-15(8-12-24)14-5-9-21-10-6-14/h1-6,9-10,13,15,25H,7-8,11-12H2,(H,22,23). The van der Waals surface area contributed by atoms with Gasteiger partial charge in [0, 0.05) is 31.0 Å². The molecule has 0 spiro atoms. The average Bonchev–Trinajstić information content (AvgIpc) is 3.19. The predicted octanol–water partition coefficient (Wildman–Crippen LogP) is 3.20. The lowest BCUT2D eigenvalue weighted by atomic mass is 9.90. The number of carbonyl (C=O) groups is 1. The zero-order chi connectivity index (χ0) is 17.9. The third-order valence-corrected chi connectivity index (χ3v) is 4.93. The number of phenols is 1. The highest BCUT2D eigenvalue weighted by Crippen LogP contribution is 2.28. The van der Waals surface area contributed by atoms with Crippen LogP contribution < -0.4 is 0 Å². The van der Waals surface area contributed by atoms with Crippen LogP contribution in [0.15, 0.2) is 54.9 Å². The number of nitrogens with one attached hydrogen (secondary N) is 1. The Bertz CT molecular complexity index is 882. The summed E-state index contributed by atoms with van der Waals surface area (Å²) in [5.74, 6) is 0.671. The molecular weight excluding hydrogens is 328 g/mol. The van der Waals surface area contributed by atoms with Crippen molar-refractivity contribution in [1.29, 1.82) is 0 Å². The minimum Gasteiger partial charge on any atom is -0.508 e. The van der Waals surface area contributed by atoms with Crippen LogP contribution in [-0.4, -0.2) is 44.2 Å². The van der Waals surface area contributed by atoms with Gasteiger partial charge in [-0.3, -0.25) is 14.9 Å². The molecule has 2 aromatic heterocycles. The third-order valence-electron chi connectivity index (χ3n) is 4.93. The van der Waals surface area contributed by atoms with E-state index in [9.17, 15) is 9.90 Å². The second kappa shape index (κ2) is 7.00. The summed E-state index contributed by atoms with van der Waals surface area (Å²) < 4.78 is 0. The number of amides is 1. The molecule has 132 valence electrons. The van der Waals surface area contributed by atoms with Crippen molar-refractivity contribution in [1.82, 2.24) is 20.1 Å². The van der Waals surface area contributed by atoms with Gasteiger partial charge in [0.15, 0.2) is 0 Å². The van der Waals surface area contributed by atoms with E-state index in [1.165, 1.54) is 5.56 Å². The largest absolute Gasteiger partial charge is 0.508 e. The molecule has 4 rings (SSSR count). The van der Waals surface area contributed by atoms with Crippen LogP contribution in [0.25, 0.3) is 11.3 Å². The molecule has 26 heavy (non-hydrogen) atoms. The molecule has 0 aliphatic carbocycles. The number of aromatic amines is 1. The van der Waals surface area contributed by atoms with Gasteiger partial charge in [0.25, 0.3) is 5.91 Å². The first kappa shape index (κ1) is 16.3. The number of carbonyl (C=O) groups excluding carboxylic acids is 1. The Morgan fingerprint density at radius 1 is 1.08 bits per heavy atom. The van der Waals surface area contributed by atoms with E-state index < -0.39 is 0 Å². The van der Waals surface area contributed by atoms with Gasteiger partial charge in [-0.15, -0.1) is 0 Å². The van der Waals surface area contributed by atoms with Gasteiger partial charge >= 0.3 is 0 Å². The highest BCUT2D eigenvalue weighted by molar-refractivity contribution is 5.93. The van der Waals surface area contributed by atoms with Crippen molar-refractivity contribution in [2.45, 2.75) is 18.8 Å². The summed E-state index contributed by atoms with van der Waals surface area (Å²) in [6, 6.07) is 12.6. The van der Waals surface area contributed by atoms with Gasteiger partial charge in [-0.25, -0.2) is 0 Å². The number of H-pyrrole nitrogens is 1. The average molecular weight is 348 g/mol. The second-order valence-electron chi connectivity index (χ2n) is 6.56. The highest BCUT2D eigenvalue weighted by Gasteiger charge is 2.25. The molecule has 0 radical (unpaired) electrons. The Balaban J connectivity index is 1.42. The van der Waals surface area contributed by atoms with Crippen molar-refractivity contribution < 1.29 is 9.90 Å². The minimum atomic E-state index is -0.0179. The Hall–Kier alpha value is -3.15. The second-order valence-corrected chi connectivity index (χ2v) is 6.56. The Kier molecular flexibility index (Phi) is 4.39. The molecule has 6 heteroatoms. The zero-order valence-corrected chi connectivity index (χ0v) is 14.3. The van der Waals surface area contributed by atoms with Gasteiger partial charge in [-0.2, -0.15) is 5.10 Å². The van der Waals surface area contributed by atoms with E-state index in [0.717, 1.165) is 31.5 Å². The van der Waals surface area contributed by atoms with Crippen molar-refractivity contribution in [2.75, 3.05) is 13.1 Å². The predicted molar refractivity (Wildman–Crippen MR) is 97.8 cm³/mol. The molecule has 3 aromatic rings. The summed E-state index contributed by atoms with van der Waals surface area (Å²) in [6.45, 7) is 1.47. The summed E-state index contributed by atoms with van der Waals surface area (Å²) in [6.07, 6.45) is 5.55. The smallest absolute Gasteiger partial charge is 0.271 e. The number of aromatic hydroxyl groups is 1. The van der Waals surface area contributed by atoms with E-state index in [1.807, 2.05) is 17.3 Å². The molecule has 1 fully saturated rings. The van der Waals surface area contributed by atoms with Crippen LogP contribution in [0.5, 0.6) is 5.75 Å². The van der Waals surface area contributed by atoms with Crippen LogP contribution in [0.1, 0.15) is 34.8 Å². The fourth-order valence-corrected chi connectivity index (χ4v) is 3.43. The number of likely N-dealkylation sites (tertiary alicyclic amines) is 1. The lowest BCUT2D eigenvalue weighted by Crippen LogP contribution is -2.38. The maximum Gasteiger partial charge on any atom is 0.271 e. The van der Waals surface area contributed by atoms with Crippen molar-refractivity contribution in [3.63, 3.8) is 0 Å². The molecule has 6 nitrogen and oxygen atoms in total. The molecular formula is C20H20N4O2. The molecule has 0 bridgehead atoms. The molecule has 1 aliphatic heterocycles. The van der Waals surface area contributed by atoms with Crippen molar-refractivity contribution in [3.05, 3.63) is 66.1 Å². The normalized spacial score (nSPS) is 15.2. The van der Waals surface area contributed by atoms with Crippen LogP contribution in [-0.2, 0) is 0 Å². The monoisotopic (exact) mass is 348 g/mol. The van der Waals surface area contributed by atoms with Crippen molar-refractivity contribution in [2.24, 2.45) is 0 Å². The van der Waals surface area contributed by atoms with Gasteiger partial charge in [0.05, 0.1) is 5.69 Å². The summed E-state index contributed by atoms with van der Waals surface area (Å²) in [5.41, 5.74) is 3.34. The minimum absolute atomic E-state index is 0.0179. The maximum absolute atomic E-state index is 12.7. The number of pyridine rings is 1. The van der Waals surface area contributed by atoms with Crippen molar-refractivity contribution >= 4 is 5.91 Å². The Morgan fingerprint density at radius 2 is 1.77 bits per heavy atom. The molecule has 2 N–H and O–H groups in total. The summed E-state index contributed by atoms with van der Waals surface area (Å²) in [7, 11) is 0. The molecule has 3 heterocycles. The molecule has 1 aliphatic rings. The van der Waals surface area contributed by atoms with E-state index in [4.69, 9.17) is 0 Å². The van der Waals surface area contributed by atoms with E-state index >= 15 is 0 Å². The zero-order valence-electron chi connectivity index (χ0n) is 14.3. The number of benzene rings is 1. The van der Waals surface area contributed by atoms with Crippen LogP contribution in [0.3, 0.4) is 0 Å². The summed E-state index contributed by atoms with van der Waals surface area (Å²) >= 11 is 0. The molecule has 1 amide bonds. The van der Waals surface area contributed by atoms with E-state index in [-0.39, 0.29) is 11.7 Å². The number of piperidine rings is 1. The topological polar surface area (TPSA) is 82.1 Å². The SMILES string of the molecule is O=C(c1cc(-c2ccc(O)cc2)n[nH]1)N1CCC(c2ccncc2)CC1. The Morgan fingerprint density at radius 3 is 2.46 bits per heavy atom. The van der Waals surface area contributed by atoms with E-state index in [0.29, 0.717) is 17.3 Å². The molecule has 1 saturated heterocycles. The Labute approximate surface area is 151 Å². The molecule has 0 saturated carbocycles. The molecule has 0 unspecified atom stereocenters. The van der Waals surface area contributed by atoms with Crippen LogP contribution in [0.2, 0.25) is 0 Å². The van der Waals surface area contributed by atoms with Gasteiger partial charge in [-0.1, -0.05) is 0 Å². The van der Waals surface area contributed by atoms with Crippen molar-refractivity contribution in [3.8, 4) is 17.0 Å². The number of aromatic nitrogens is 3. The number of nitrogens with zero attached hydrogens (tertiary/aromatic N) is 3. The maximum atomic E-state index is 12.7. The molecule has 1 aromatic carbocycles. The van der Waals surface area contributed by atoms with Gasteiger partial charge in [0.1, 0.15) is 11.4 Å².